The normalized spacial score (nSPS) is 15.3. The summed E-state index contributed by atoms with van der Waals surface area (Å²) in [5.41, 5.74) is 0.553. The highest BCUT2D eigenvalue weighted by atomic mass is 35.5. The molecule has 0 aromatic heterocycles. The lowest BCUT2D eigenvalue weighted by molar-refractivity contribution is 0.0690. The van der Waals surface area contributed by atoms with Gasteiger partial charge in [-0.15, -0.1) is 0 Å². The van der Waals surface area contributed by atoms with E-state index in [4.69, 9.17) is 21.1 Å². The highest BCUT2D eigenvalue weighted by Crippen LogP contribution is 2.37. The van der Waals surface area contributed by atoms with E-state index in [1.54, 1.807) is 19.2 Å². The Balaban J connectivity index is 2.08. The molecule has 1 N–H and O–H groups in total. The van der Waals surface area contributed by atoms with Crippen LogP contribution < -0.4 is 14.8 Å². The summed E-state index contributed by atoms with van der Waals surface area (Å²) in [6.45, 7) is 5.24. The third-order valence-corrected chi connectivity index (χ3v) is 4.90. The van der Waals surface area contributed by atoms with Gasteiger partial charge in [0, 0.05) is 18.7 Å². The summed E-state index contributed by atoms with van der Waals surface area (Å²) >= 11 is 6.36. The van der Waals surface area contributed by atoms with Crippen LogP contribution in [-0.4, -0.2) is 51.2 Å². The van der Waals surface area contributed by atoms with Gasteiger partial charge in [-0.25, -0.2) is 0 Å². The molecule has 1 fully saturated rings. The van der Waals surface area contributed by atoms with Crippen LogP contribution in [0.15, 0.2) is 12.1 Å². The number of nitrogens with zero attached hydrogens (tertiary/aromatic N) is 1. The van der Waals surface area contributed by atoms with Crippen LogP contribution in [-0.2, 0) is 0 Å². The number of likely N-dealkylation sites (tertiary alicyclic amines) is 1. The SMILES string of the molecule is CCCCOc1c(Cl)cc(C(=O)N2CCC(CNC)CC2)cc1OC. The zero-order valence-corrected chi connectivity index (χ0v) is 16.2. The topological polar surface area (TPSA) is 50.8 Å². The number of methoxy groups -OCH3 is 1. The Kier molecular flexibility index (Phi) is 7.85. The second-order valence-electron chi connectivity index (χ2n) is 6.48. The van der Waals surface area contributed by atoms with E-state index < -0.39 is 0 Å². The molecule has 1 amide bonds. The maximum atomic E-state index is 12.8. The number of ether oxygens (including phenoxy) is 2. The molecule has 1 aromatic carbocycles. The van der Waals surface area contributed by atoms with Gasteiger partial charge in [-0.2, -0.15) is 0 Å². The van der Waals surface area contributed by atoms with Gasteiger partial charge in [0.25, 0.3) is 5.91 Å². The van der Waals surface area contributed by atoms with Gasteiger partial charge < -0.3 is 19.7 Å². The first-order chi connectivity index (χ1) is 12.1. The van der Waals surface area contributed by atoms with Crippen LogP contribution in [0.25, 0.3) is 0 Å². The van der Waals surface area contributed by atoms with Crippen LogP contribution >= 0.6 is 11.6 Å². The van der Waals surface area contributed by atoms with Crippen molar-refractivity contribution in [3.05, 3.63) is 22.7 Å². The Labute approximate surface area is 155 Å². The van der Waals surface area contributed by atoms with Gasteiger partial charge in [-0.3, -0.25) is 4.79 Å². The second kappa shape index (κ2) is 9.88. The van der Waals surface area contributed by atoms with E-state index in [-0.39, 0.29) is 5.91 Å². The van der Waals surface area contributed by atoms with Gasteiger partial charge in [0.15, 0.2) is 11.5 Å². The summed E-state index contributed by atoms with van der Waals surface area (Å²) in [5.74, 6) is 1.67. The van der Waals surface area contributed by atoms with E-state index in [0.29, 0.717) is 34.6 Å². The van der Waals surface area contributed by atoms with Crippen molar-refractivity contribution in [2.24, 2.45) is 5.92 Å². The fraction of sp³-hybridized carbons (Fsp3) is 0.632. The largest absolute Gasteiger partial charge is 0.493 e. The number of unbranched alkanes of at least 4 members (excludes halogenated alkanes) is 1. The number of piperidine rings is 1. The zero-order chi connectivity index (χ0) is 18.2. The molecule has 140 valence electrons. The molecule has 1 heterocycles. The van der Waals surface area contributed by atoms with Crippen LogP contribution in [0, 0.1) is 5.92 Å². The minimum absolute atomic E-state index is 0.00298. The fourth-order valence-corrected chi connectivity index (χ4v) is 3.38. The highest BCUT2D eigenvalue weighted by molar-refractivity contribution is 6.32. The van der Waals surface area contributed by atoms with Crippen LogP contribution in [0.1, 0.15) is 43.0 Å². The first kappa shape index (κ1) is 19.9. The number of carbonyl (C=O) groups is 1. The van der Waals surface area contributed by atoms with Gasteiger partial charge in [0.05, 0.1) is 18.7 Å². The first-order valence-corrected chi connectivity index (χ1v) is 9.42. The molecule has 0 atom stereocenters. The summed E-state index contributed by atoms with van der Waals surface area (Å²) in [6, 6.07) is 3.42. The number of nitrogens with one attached hydrogen (secondary N) is 1. The standard InChI is InChI=1S/C19H29ClN2O3/c1-4-5-10-25-18-16(20)11-15(12-17(18)24-3)19(23)22-8-6-14(7-9-22)13-21-2/h11-12,14,21H,4-10,13H2,1-3H3. The van der Waals surface area contributed by atoms with Gasteiger partial charge in [-0.05, 0) is 50.9 Å². The predicted molar refractivity (Wildman–Crippen MR) is 101 cm³/mol. The van der Waals surface area contributed by atoms with Crippen LogP contribution in [0.3, 0.4) is 0 Å². The molecule has 0 unspecified atom stereocenters. The molecule has 6 heteroatoms. The van der Waals surface area contributed by atoms with Crippen molar-refractivity contribution in [3.8, 4) is 11.5 Å². The third kappa shape index (κ3) is 5.25. The maximum Gasteiger partial charge on any atom is 0.254 e. The van der Waals surface area contributed by atoms with Crippen molar-refractivity contribution in [1.29, 1.82) is 0 Å². The summed E-state index contributed by atoms with van der Waals surface area (Å²) in [4.78, 5) is 14.7. The molecule has 25 heavy (non-hydrogen) atoms. The van der Waals surface area contributed by atoms with E-state index in [0.717, 1.165) is 45.3 Å². The van der Waals surface area contributed by atoms with Crippen molar-refractivity contribution in [2.75, 3.05) is 40.4 Å². The number of rotatable bonds is 8. The number of halogens is 1. The third-order valence-electron chi connectivity index (χ3n) is 4.62. The zero-order valence-electron chi connectivity index (χ0n) is 15.4. The number of hydrogen-bond donors (Lipinski definition) is 1. The Morgan fingerprint density at radius 3 is 2.68 bits per heavy atom. The summed E-state index contributed by atoms with van der Waals surface area (Å²) in [6.07, 6.45) is 4.03. The van der Waals surface area contributed by atoms with E-state index in [1.165, 1.54) is 0 Å². The summed E-state index contributed by atoms with van der Waals surface area (Å²) < 4.78 is 11.1. The predicted octanol–water partition coefficient (Wildman–Crippen LogP) is 3.60. The smallest absolute Gasteiger partial charge is 0.254 e. The van der Waals surface area contributed by atoms with Crippen molar-refractivity contribution in [1.82, 2.24) is 10.2 Å². The Bertz CT molecular complexity index is 572. The van der Waals surface area contributed by atoms with E-state index in [9.17, 15) is 4.79 Å². The molecular weight excluding hydrogens is 340 g/mol. The second-order valence-corrected chi connectivity index (χ2v) is 6.89. The molecule has 0 aliphatic carbocycles. The van der Waals surface area contributed by atoms with Gasteiger partial charge in [-0.1, -0.05) is 24.9 Å². The number of benzene rings is 1. The Morgan fingerprint density at radius 2 is 2.08 bits per heavy atom. The minimum Gasteiger partial charge on any atom is -0.493 e. The molecule has 0 bridgehead atoms. The molecule has 1 aliphatic heterocycles. The lowest BCUT2D eigenvalue weighted by atomic mass is 9.96. The number of hydrogen-bond acceptors (Lipinski definition) is 4. The molecule has 0 spiro atoms. The maximum absolute atomic E-state index is 12.8. The number of carbonyl (C=O) groups excluding carboxylic acids is 1. The monoisotopic (exact) mass is 368 g/mol. The van der Waals surface area contributed by atoms with Crippen LogP contribution in [0.5, 0.6) is 11.5 Å². The fourth-order valence-electron chi connectivity index (χ4n) is 3.11. The molecule has 1 saturated heterocycles. The van der Waals surface area contributed by atoms with E-state index in [1.807, 2.05) is 11.9 Å². The summed E-state index contributed by atoms with van der Waals surface area (Å²) in [5, 5.41) is 3.63. The van der Waals surface area contributed by atoms with Crippen LogP contribution in [0.2, 0.25) is 5.02 Å². The van der Waals surface area contributed by atoms with E-state index >= 15 is 0 Å². The Morgan fingerprint density at radius 1 is 1.36 bits per heavy atom. The average Bonchev–Trinajstić information content (AvgIpc) is 2.63. The molecule has 1 aromatic rings. The first-order valence-electron chi connectivity index (χ1n) is 9.04. The quantitative estimate of drug-likeness (QED) is 0.712. The highest BCUT2D eigenvalue weighted by Gasteiger charge is 2.25. The molecule has 2 rings (SSSR count). The van der Waals surface area contributed by atoms with Crippen molar-refractivity contribution < 1.29 is 14.3 Å². The van der Waals surface area contributed by atoms with Crippen LogP contribution in [0.4, 0.5) is 0 Å². The average molecular weight is 369 g/mol. The summed E-state index contributed by atoms with van der Waals surface area (Å²) in [7, 11) is 3.53. The lowest BCUT2D eigenvalue weighted by Crippen LogP contribution is -2.40. The van der Waals surface area contributed by atoms with Crippen molar-refractivity contribution in [2.45, 2.75) is 32.6 Å². The van der Waals surface area contributed by atoms with Gasteiger partial charge in [0.2, 0.25) is 0 Å². The van der Waals surface area contributed by atoms with Gasteiger partial charge >= 0.3 is 0 Å². The molecule has 5 nitrogen and oxygen atoms in total. The van der Waals surface area contributed by atoms with Crippen molar-refractivity contribution >= 4 is 17.5 Å². The minimum atomic E-state index is 0.00298. The molecular formula is C19H29ClN2O3. The molecule has 1 aliphatic rings. The molecule has 0 radical (unpaired) electrons. The van der Waals surface area contributed by atoms with Gasteiger partial charge in [0.1, 0.15) is 0 Å². The molecule has 0 saturated carbocycles. The van der Waals surface area contributed by atoms with Crippen molar-refractivity contribution in [3.63, 3.8) is 0 Å². The lowest BCUT2D eigenvalue weighted by Gasteiger charge is -2.32. The Hall–Kier alpha value is -1.46. The van der Waals surface area contributed by atoms with E-state index in [2.05, 4.69) is 12.2 Å². The number of amides is 1.